The molecule has 7 heteroatoms. The van der Waals surface area contributed by atoms with Crippen molar-refractivity contribution in [1.82, 2.24) is 16.0 Å². The minimum absolute atomic E-state index is 0.0744. The van der Waals surface area contributed by atoms with E-state index in [0.29, 0.717) is 0 Å². The molecule has 17 heavy (non-hydrogen) atoms. The van der Waals surface area contributed by atoms with Crippen molar-refractivity contribution in [3.63, 3.8) is 0 Å². The van der Waals surface area contributed by atoms with E-state index in [2.05, 4.69) is 16.0 Å². The highest BCUT2D eigenvalue weighted by Crippen LogP contribution is 2.01. The van der Waals surface area contributed by atoms with Crippen LogP contribution in [0.25, 0.3) is 0 Å². The van der Waals surface area contributed by atoms with Gasteiger partial charge in [0.2, 0.25) is 17.7 Å². The molecule has 1 fully saturated rings. The molecule has 5 N–H and O–H groups in total. The van der Waals surface area contributed by atoms with Gasteiger partial charge in [-0.15, -0.1) is 0 Å². The van der Waals surface area contributed by atoms with Crippen LogP contribution in [0.1, 0.15) is 13.8 Å². The summed E-state index contributed by atoms with van der Waals surface area (Å²) in [5, 5.41) is 7.92. The first-order chi connectivity index (χ1) is 7.91. The van der Waals surface area contributed by atoms with Crippen LogP contribution in [-0.4, -0.2) is 42.9 Å². The lowest BCUT2D eigenvalue weighted by molar-refractivity contribution is -0.131. The third-order valence-electron chi connectivity index (χ3n) is 2.60. The van der Waals surface area contributed by atoms with Crippen molar-refractivity contribution < 1.29 is 14.4 Å². The summed E-state index contributed by atoms with van der Waals surface area (Å²) in [6, 6.07) is -1.21. The van der Waals surface area contributed by atoms with Crippen LogP contribution in [0, 0.1) is 5.92 Å². The number of hydrogen-bond acceptors (Lipinski definition) is 4. The molecule has 7 nitrogen and oxygen atoms in total. The summed E-state index contributed by atoms with van der Waals surface area (Å²) >= 11 is 0. The first-order valence-corrected chi connectivity index (χ1v) is 5.51. The smallest absolute Gasteiger partial charge is 0.240 e. The molecule has 0 aromatic heterocycles. The molecular weight excluding hydrogens is 224 g/mol. The number of carbonyl (C=O) groups excluding carboxylic acids is 3. The number of carbonyl (C=O) groups is 3. The molecule has 1 rings (SSSR count). The lowest BCUT2D eigenvalue weighted by atomic mass is 10.0. The third-order valence-corrected chi connectivity index (χ3v) is 2.60. The van der Waals surface area contributed by atoms with Crippen LogP contribution < -0.4 is 21.7 Å². The van der Waals surface area contributed by atoms with Crippen LogP contribution in [0.5, 0.6) is 0 Å². The third kappa shape index (κ3) is 3.70. The number of primary amides is 1. The molecular formula is C10H18N4O3. The fraction of sp³-hybridized carbons (Fsp3) is 0.700. The zero-order valence-electron chi connectivity index (χ0n) is 9.95. The molecule has 2 unspecified atom stereocenters. The van der Waals surface area contributed by atoms with Gasteiger partial charge in [-0.1, -0.05) is 13.8 Å². The van der Waals surface area contributed by atoms with Crippen LogP contribution in [0.4, 0.5) is 0 Å². The standard InChI is InChI=1S/C10H18N4O3/c1-5(2)8(9(11)16)14-10(17)6-3-13-7(15)4-12-6/h5-6,8,12H,3-4H2,1-2H3,(H2,11,16)(H,13,15)(H,14,17). The molecule has 0 aliphatic carbocycles. The summed E-state index contributed by atoms with van der Waals surface area (Å²) < 4.78 is 0. The fourth-order valence-corrected chi connectivity index (χ4v) is 1.57. The molecule has 2 atom stereocenters. The molecule has 1 heterocycles. The van der Waals surface area contributed by atoms with Crippen molar-refractivity contribution in [3.05, 3.63) is 0 Å². The minimum atomic E-state index is -0.693. The molecule has 0 radical (unpaired) electrons. The van der Waals surface area contributed by atoms with Gasteiger partial charge in [-0.2, -0.15) is 0 Å². The SMILES string of the molecule is CC(C)C(NC(=O)C1CNC(=O)CN1)C(N)=O. The van der Waals surface area contributed by atoms with E-state index in [9.17, 15) is 14.4 Å². The lowest BCUT2D eigenvalue weighted by Crippen LogP contribution is -2.60. The Kier molecular flexibility index (Phi) is 4.45. The largest absolute Gasteiger partial charge is 0.368 e. The van der Waals surface area contributed by atoms with E-state index in [1.165, 1.54) is 0 Å². The van der Waals surface area contributed by atoms with E-state index in [0.717, 1.165) is 0 Å². The van der Waals surface area contributed by atoms with Crippen molar-refractivity contribution in [2.45, 2.75) is 25.9 Å². The van der Waals surface area contributed by atoms with Gasteiger partial charge in [0.05, 0.1) is 6.54 Å². The predicted molar refractivity (Wildman–Crippen MR) is 60.8 cm³/mol. The van der Waals surface area contributed by atoms with E-state index in [-0.39, 0.29) is 30.8 Å². The number of piperazine rings is 1. The van der Waals surface area contributed by atoms with Crippen molar-refractivity contribution >= 4 is 17.7 Å². The van der Waals surface area contributed by atoms with Crippen molar-refractivity contribution in [2.75, 3.05) is 13.1 Å². The molecule has 1 aliphatic heterocycles. The van der Waals surface area contributed by atoms with Crippen LogP contribution >= 0.6 is 0 Å². The Hall–Kier alpha value is -1.63. The summed E-state index contributed by atoms with van der Waals surface area (Å²) in [5.74, 6) is -1.12. The normalized spacial score (nSPS) is 21.8. The second-order valence-corrected chi connectivity index (χ2v) is 4.37. The molecule has 0 bridgehead atoms. The van der Waals surface area contributed by atoms with E-state index in [1.807, 2.05) is 0 Å². The number of rotatable bonds is 4. The van der Waals surface area contributed by atoms with Gasteiger partial charge in [0, 0.05) is 6.54 Å². The van der Waals surface area contributed by atoms with E-state index >= 15 is 0 Å². The van der Waals surface area contributed by atoms with Gasteiger partial charge in [-0.3, -0.25) is 19.7 Å². The zero-order chi connectivity index (χ0) is 13.0. The van der Waals surface area contributed by atoms with Gasteiger partial charge in [0.25, 0.3) is 0 Å². The summed E-state index contributed by atoms with van der Waals surface area (Å²) in [5.41, 5.74) is 5.19. The Morgan fingerprint density at radius 3 is 2.53 bits per heavy atom. The van der Waals surface area contributed by atoms with Gasteiger partial charge in [-0.25, -0.2) is 0 Å². The number of amides is 3. The van der Waals surface area contributed by atoms with Crippen LogP contribution in [0.3, 0.4) is 0 Å². The maximum atomic E-state index is 11.8. The van der Waals surface area contributed by atoms with Crippen LogP contribution in [0.2, 0.25) is 0 Å². The average molecular weight is 242 g/mol. The second-order valence-electron chi connectivity index (χ2n) is 4.37. The molecule has 1 saturated heterocycles. The van der Waals surface area contributed by atoms with E-state index < -0.39 is 18.0 Å². The zero-order valence-corrected chi connectivity index (χ0v) is 9.95. The summed E-state index contributed by atoms with van der Waals surface area (Å²) in [6.45, 7) is 3.91. The van der Waals surface area contributed by atoms with E-state index in [4.69, 9.17) is 5.73 Å². The van der Waals surface area contributed by atoms with Crippen molar-refractivity contribution in [2.24, 2.45) is 11.7 Å². The van der Waals surface area contributed by atoms with Gasteiger partial charge < -0.3 is 16.4 Å². The van der Waals surface area contributed by atoms with Crippen LogP contribution in [0.15, 0.2) is 0 Å². The highest BCUT2D eigenvalue weighted by atomic mass is 16.2. The minimum Gasteiger partial charge on any atom is -0.368 e. The van der Waals surface area contributed by atoms with Gasteiger partial charge >= 0.3 is 0 Å². The van der Waals surface area contributed by atoms with Gasteiger partial charge in [0.1, 0.15) is 12.1 Å². The van der Waals surface area contributed by atoms with Gasteiger partial charge in [-0.05, 0) is 5.92 Å². The average Bonchev–Trinajstić information content (AvgIpc) is 2.25. The Labute approximate surface area is 99.5 Å². The quantitative estimate of drug-likeness (QED) is 0.444. The highest BCUT2D eigenvalue weighted by Gasteiger charge is 2.28. The molecule has 0 saturated carbocycles. The summed E-state index contributed by atoms with van der Waals surface area (Å²) in [4.78, 5) is 33.8. The number of hydrogen-bond donors (Lipinski definition) is 4. The predicted octanol–water partition coefficient (Wildman–Crippen LogP) is -2.30. The fourth-order valence-electron chi connectivity index (χ4n) is 1.57. The Bertz CT molecular complexity index is 320. The molecule has 96 valence electrons. The van der Waals surface area contributed by atoms with Crippen LogP contribution in [-0.2, 0) is 14.4 Å². The number of nitrogens with one attached hydrogen (secondary N) is 3. The van der Waals surface area contributed by atoms with Crippen molar-refractivity contribution in [3.8, 4) is 0 Å². The first-order valence-electron chi connectivity index (χ1n) is 5.51. The summed E-state index contributed by atoms with van der Waals surface area (Å²) in [6.07, 6.45) is 0. The maximum Gasteiger partial charge on any atom is 0.240 e. The Morgan fingerprint density at radius 1 is 1.47 bits per heavy atom. The maximum absolute atomic E-state index is 11.8. The molecule has 1 aliphatic rings. The van der Waals surface area contributed by atoms with Gasteiger partial charge in [0.15, 0.2) is 0 Å². The number of nitrogens with two attached hydrogens (primary N) is 1. The first kappa shape index (κ1) is 13.4. The lowest BCUT2D eigenvalue weighted by Gasteiger charge is -2.26. The summed E-state index contributed by atoms with van der Waals surface area (Å²) in [7, 11) is 0. The topological polar surface area (TPSA) is 113 Å². The Balaban J connectivity index is 2.53. The second kappa shape index (κ2) is 5.62. The monoisotopic (exact) mass is 242 g/mol. The Morgan fingerprint density at radius 2 is 2.12 bits per heavy atom. The van der Waals surface area contributed by atoms with E-state index in [1.54, 1.807) is 13.8 Å². The molecule has 0 spiro atoms. The molecule has 0 aromatic rings. The van der Waals surface area contributed by atoms with Crippen molar-refractivity contribution in [1.29, 1.82) is 0 Å². The highest BCUT2D eigenvalue weighted by molar-refractivity contribution is 5.91. The molecule has 3 amide bonds. The molecule has 0 aromatic carbocycles.